The molecule has 37 heavy (non-hydrogen) atoms. The number of hydrogen-bond acceptors (Lipinski definition) is 6. The maximum atomic E-state index is 14.5. The minimum absolute atomic E-state index is 0.0456. The molecule has 0 aliphatic heterocycles. The summed E-state index contributed by atoms with van der Waals surface area (Å²) in [7, 11) is 0. The molecule has 7 nitrogen and oxygen atoms in total. The van der Waals surface area contributed by atoms with Crippen molar-refractivity contribution in [2.75, 3.05) is 0 Å². The van der Waals surface area contributed by atoms with Crippen molar-refractivity contribution in [1.82, 2.24) is 0 Å². The van der Waals surface area contributed by atoms with Crippen LogP contribution in [-0.2, 0) is 14.3 Å². The molecule has 5 saturated carbocycles. The predicted molar refractivity (Wildman–Crippen MR) is 127 cm³/mol. The Kier molecular flexibility index (Phi) is 6.92. The van der Waals surface area contributed by atoms with E-state index in [-0.39, 0.29) is 11.3 Å². The molecule has 5 aliphatic rings. The van der Waals surface area contributed by atoms with Crippen LogP contribution in [0.3, 0.4) is 0 Å². The summed E-state index contributed by atoms with van der Waals surface area (Å²) in [5.74, 6) is -5.99. The van der Waals surface area contributed by atoms with Gasteiger partial charge < -0.3 is 19.3 Å². The number of alkyl halides is 2. The van der Waals surface area contributed by atoms with Crippen molar-refractivity contribution in [1.29, 1.82) is 0 Å². The van der Waals surface area contributed by atoms with E-state index in [1.54, 1.807) is 0 Å². The Labute approximate surface area is 214 Å². The smallest absolute Gasteiger partial charge is 0.477 e. The first-order valence-corrected chi connectivity index (χ1v) is 13.4. The molecule has 1 aromatic carbocycles. The normalized spacial score (nSPS) is 32.0. The summed E-state index contributed by atoms with van der Waals surface area (Å²) in [4.78, 5) is 36.5. The fraction of sp³-hybridized carbons (Fsp3) is 0.679. The van der Waals surface area contributed by atoms with Gasteiger partial charge >= 0.3 is 24.0 Å². The standard InChI is InChI=1S/C28H34F2O7/c1-27(20-12-16-11-17(14-20)15-21(27)13-16)37-26(34)35-22-9-7-19(8-10-22)24(31)36-23(28(29,30)25(32)33)18-5-3-2-4-6-18/h7-10,16-18,20-21,23H,2-6,11-15H2,1H3,(H,32,33). The lowest BCUT2D eigenvalue weighted by Gasteiger charge is -2.58. The Balaban J connectivity index is 1.21. The average molecular weight is 521 g/mol. The van der Waals surface area contributed by atoms with E-state index in [9.17, 15) is 23.2 Å². The predicted octanol–water partition coefficient (Wildman–Crippen LogP) is 6.24. The number of aliphatic carboxylic acids is 1. The maximum absolute atomic E-state index is 14.5. The third kappa shape index (κ3) is 5.06. The number of benzene rings is 1. The molecule has 202 valence electrons. The largest absolute Gasteiger partial charge is 0.514 e. The van der Waals surface area contributed by atoms with Gasteiger partial charge in [0, 0.05) is 5.92 Å². The number of carbonyl (C=O) groups excluding carboxylic acids is 2. The van der Waals surface area contributed by atoms with Gasteiger partial charge in [0.15, 0.2) is 6.10 Å². The van der Waals surface area contributed by atoms with Crippen LogP contribution in [0.15, 0.2) is 24.3 Å². The van der Waals surface area contributed by atoms with E-state index in [0.717, 1.165) is 43.9 Å². The zero-order valence-corrected chi connectivity index (χ0v) is 21.0. The van der Waals surface area contributed by atoms with Crippen LogP contribution in [0.5, 0.6) is 5.75 Å². The van der Waals surface area contributed by atoms with Gasteiger partial charge in [0.1, 0.15) is 11.4 Å². The van der Waals surface area contributed by atoms with E-state index < -0.39 is 41.6 Å². The molecule has 0 spiro atoms. The molecule has 0 heterocycles. The Hall–Kier alpha value is -2.71. The molecule has 1 unspecified atom stereocenters. The molecule has 5 fully saturated rings. The highest BCUT2D eigenvalue weighted by Crippen LogP contribution is 2.59. The molecule has 5 aliphatic carbocycles. The number of carboxylic acid groups (broad SMARTS) is 1. The molecular formula is C28H34F2O7. The topological polar surface area (TPSA) is 99.1 Å². The molecule has 0 radical (unpaired) electrons. The summed E-state index contributed by atoms with van der Waals surface area (Å²) in [6.45, 7) is 2.01. The molecule has 1 N–H and O–H groups in total. The monoisotopic (exact) mass is 520 g/mol. The highest BCUT2D eigenvalue weighted by atomic mass is 19.3. The van der Waals surface area contributed by atoms with Gasteiger partial charge in [0.25, 0.3) is 0 Å². The minimum Gasteiger partial charge on any atom is -0.477 e. The fourth-order valence-electron chi connectivity index (χ4n) is 7.45. The van der Waals surface area contributed by atoms with E-state index >= 15 is 0 Å². The van der Waals surface area contributed by atoms with Crippen molar-refractivity contribution >= 4 is 18.1 Å². The second kappa shape index (κ2) is 9.87. The molecule has 0 saturated heterocycles. The quantitative estimate of drug-likeness (QED) is 0.335. The van der Waals surface area contributed by atoms with E-state index in [2.05, 4.69) is 0 Å². The summed E-state index contributed by atoms with van der Waals surface area (Å²) < 4.78 is 45.3. The van der Waals surface area contributed by atoms with Gasteiger partial charge in [0.2, 0.25) is 0 Å². The number of halogens is 2. The fourth-order valence-corrected chi connectivity index (χ4v) is 7.45. The first-order chi connectivity index (χ1) is 17.6. The Bertz CT molecular complexity index is 1000. The van der Waals surface area contributed by atoms with Crippen molar-refractivity contribution < 1.29 is 42.5 Å². The van der Waals surface area contributed by atoms with E-state index in [4.69, 9.17) is 19.3 Å². The van der Waals surface area contributed by atoms with Gasteiger partial charge in [-0.3, -0.25) is 0 Å². The van der Waals surface area contributed by atoms with Gasteiger partial charge in [0.05, 0.1) is 5.56 Å². The van der Waals surface area contributed by atoms with Crippen LogP contribution in [0, 0.1) is 29.6 Å². The molecule has 0 aromatic heterocycles. The van der Waals surface area contributed by atoms with Crippen molar-refractivity contribution in [3.8, 4) is 5.75 Å². The highest BCUT2D eigenvalue weighted by Gasteiger charge is 2.57. The van der Waals surface area contributed by atoms with Gasteiger partial charge in [-0.1, -0.05) is 19.3 Å². The lowest BCUT2D eigenvalue weighted by molar-refractivity contribution is -0.189. The molecule has 0 amide bonds. The van der Waals surface area contributed by atoms with Crippen LogP contribution < -0.4 is 4.74 Å². The third-order valence-electron chi connectivity index (χ3n) is 9.31. The summed E-state index contributed by atoms with van der Waals surface area (Å²) in [5.41, 5.74) is -0.590. The van der Waals surface area contributed by atoms with E-state index in [1.807, 2.05) is 6.92 Å². The number of rotatable bonds is 7. The molecule has 9 heteroatoms. The van der Waals surface area contributed by atoms with Crippen molar-refractivity contribution in [3.63, 3.8) is 0 Å². The molecule has 4 bridgehead atoms. The zero-order chi connectivity index (χ0) is 26.4. The Morgan fingerprint density at radius 1 is 0.946 bits per heavy atom. The summed E-state index contributed by atoms with van der Waals surface area (Å²) >= 11 is 0. The number of esters is 1. The van der Waals surface area contributed by atoms with Crippen LogP contribution in [0.4, 0.5) is 13.6 Å². The Morgan fingerprint density at radius 3 is 2.05 bits per heavy atom. The van der Waals surface area contributed by atoms with Crippen LogP contribution in [0.2, 0.25) is 0 Å². The number of hydrogen-bond donors (Lipinski definition) is 1. The first kappa shape index (κ1) is 25.9. The zero-order valence-electron chi connectivity index (χ0n) is 21.0. The summed E-state index contributed by atoms with van der Waals surface area (Å²) in [5, 5.41) is 9.05. The number of carboxylic acids is 1. The summed E-state index contributed by atoms with van der Waals surface area (Å²) in [6, 6.07) is 5.32. The third-order valence-corrected chi connectivity index (χ3v) is 9.31. The SMILES string of the molecule is CC1(OC(=O)Oc2ccc(C(=O)OC(C3CCCCC3)C(F)(F)C(=O)O)cc2)C2CC3CC(C2)CC1C3. The van der Waals surface area contributed by atoms with E-state index in [1.165, 1.54) is 30.7 Å². The number of ether oxygens (including phenoxy) is 3. The lowest BCUT2D eigenvalue weighted by Crippen LogP contribution is -2.58. The molecule has 1 aromatic rings. The van der Waals surface area contributed by atoms with Crippen molar-refractivity contribution in [3.05, 3.63) is 29.8 Å². The Morgan fingerprint density at radius 2 is 1.51 bits per heavy atom. The van der Waals surface area contributed by atoms with Gasteiger partial charge in [-0.2, -0.15) is 8.78 Å². The van der Waals surface area contributed by atoms with Crippen LogP contribution in [-0.4, -0.2) is 40.8 Å². The second-order valence-corrected chi connectivity index (χ2v) is 11.6. The van der Waals surface area contributed by atoms with Crippen LogP contribution in [0.25, 0.3) is 0 Å². The molecule has 6 rings (SSSR count). The van der Waals surface area contributed by atoms with Crippen molar-refractivity contribution in [2.24, 2.45) is 29.6 Å². The molecular weight excluding hydrogens is 486 g/mol. The first-order valence-electron chi connectivity index (χ1n) is 13.4. The highest BCUT2D eigenvalue weighted by molar-refractivity contribution is 5.90. The average Bonchev–Trinajstić information content (AvgIpc) is 2.86. The summed E-state index contributed by atoms with van der Waals surface area (Å²) in [6.07, 6.45) is 5.73. The van der Waals surface area contributed by atoms with E-state index in [0.29, 0.717) is 37.5 Å². The van der Waals surface area contributed by atoms with Crippen molar-refractivity contribution in [2.45, 2.75) is 88.8 Å². The van der Waals surface area contributed by atoms with Gasteiger partial charge in [-0.25, -0.2) is 14.4 Å². The second-order valence-electron chi connectivity index (χ2n) is 11.6. The minimum atomic E-state index is -4.20. The maximum Gasteiger partial charge on any atom is 0.514 e. The van der Waals surface area contributed by atoms with Crippen LogP contribution >= 0.6 is 0 Å². The number of carbonyl (C=O) groups is 3. The van der Waals surface area contributed by atoms with Gasteiger partial charge in [-0.15, -0.1) is 0 Å². The lowest BCUT2D eigenvalue weighted by atomic mass is 9.50. The van der Waals surface area contributed by atoms with Crippen LogP contribution in [0.1, 0.15) is 81.5 Å². The van der Waals surface area contributed by atoms with Gasteiger partial charge in [-0.05, 0) is 99.8 Å². The molecule has 1 atom stereocenters.